The van der Waals surface area contributed by atoms with Crippen LogP contribution < -0.4 is 10.6 Å². The molecule has 4 atom stereocenters. The minimum atomic E-state index is -1.56. The summed E-state index contributed by atoms with van der Waals surface area (Å²) in [6, 6.07) is 3.99. The van der Waals surface area contributed by atoms with Gasteiger partial charge in [-0.2, -0.15) is 0 Å². The molecule has 37 heavy (non-hydrogen) atoms. The highest BCUT2D eigenvalue weighted by Crippen LogP contribution is 2.41. The SMILES string of the molecule is COCCCC[C@@](O)(c1cccc(F)c1F)C1CCCN(C(=O)NC2CNCCC2C2CCCCC2)C1. The molecule has 8 heteroatoms. The Morgan fingerprint density at radius 3 is 2.76 bits per heavy atom. The topological polar surface area (TPSA) is 73.8 Å². The lowest BCUT2D eigenvalue weighted by Gasteiger charge is -2.44. The predicted molar refractivity (Wildman–Crippen MR) is 140 cm³/mol. The Morgan fingerprint density at radius 1 is 1.16 bits per heavy atom. The van der Waals surface area contributed by atoms with E-state index in [4.69, 9.17) is 4.74 Å². The lowest BCUT2D eigenvalue weighted by atomic mass is 9.73. The van der Waals surface area contributed by atoms with E-state index in [2.05, 4.69) is 10.6 Å². The molecule has 3 aliphatic rings. The Hall–Kier alpha value is -1.77. The number of benzene rings is 1. The van der Waals surface area contributed by atoms with Gasteiger partial charge in [0, 0.05) is 50.9 Å². The Morgan fingerprint density at radius 2 is 1.97 bits per heavy atom. The van der Waals surface area contributed by atoms with E-state index in [1.807, 2.05) is 0 Å². The Bertz CT molecular complexity index is 882. The van der Waals surface area contributed by atoms with Crippen molar-refractivity contribution < 1.29 is 23.4 Å². The summed E-state index contributed by atoms with van der Waals surface area (Å²) in [4.78, 5) is 15.3. The average Bonchev–Trinajstić information content (AvgIpc) is 2.93. The fraction of sp³-hybridized carbons (Fsp3) is 0.759. The van der Waals surface area contributed by atoms with Crippen molar-refractivity contribution in [1.82, 2.24) is 15.5 Å². The van der Waals surface area contributed by atoms with Gasteiger partial charge in [-0.3, -0.25) is 0 Å². The lowest BCUT2D eigenvalue weighted by Crippen LogP contribution is -2.58. The molecule has 2 heterocycles. The molecule has 6 nitrogen and oxygen atoms in total. The number of aliphatic hydroxyl groups is 1. The second-order valence-electron chi connectivity index (χ2n) is 11.4. The van der Waals surface area contributed by atoms with Gasteiger partial charge >= 0.3 is 6.03 Å². The smallest absolute Gasteiger partial charge is 0.317 e. The maximum absolute atomic E-state index is 15.0. The summed E-state index contributed by atoms with van der Waals surface area (Å²) in [5.74, 6) is -1.18. The number of urea groups is 1. The van der Waals surface area contributed by atoms with Crippen LogP contribution in [0.4, 0.5) is 13.6 Å². The minimum Gasteiger partial charge on any atom is -0.385 e. The van der Waals surface area contributed by atoms with E-state index < -0.39 is 17.2 Å². The van der Waals surface area contributed by atoms with E-state index in [1.165, 1.54) is 44.2 Å². The van der Waals surface area contributed by atoms with Crippen molar-refractivity contribution >= 4 is 6.03 Å². The normalized spacial score (nSPS) is 27.0. The van der Waals surface area contributed by atoms with E-state index >= 15 is 0 Å². The first-order chi connectivity index (χ1) is 17.9. The Kier molecular flexibility index (Phi) is 10.2. The number of nitrogens with zero attached hydrogens (tertiary/aromatic N) is 1. The first-order valence-electron chi connectivity index (χ1n) is 14.4. The number of rotatable bonds is 9. The van der Waals surface area contributed by atoms with Crippen molar-refractivity contribution in [2.24, 2.45) is 17.8 Å². The monoisotopic (exact) mass is 521 g/mol. The molecule has 3 fully saturated rings. The van der Waals surface area contributed by atoms with Crippen molar-refractivity contribution in [2.45, 2.75) is 82.3 Å². The van der Waals surface area contributed by atoms with Crippen molar-refractivity contribution in [3.8, 4) is 0 Å². The summed E-state index contributed by atoms with van der Waals surface area (Å²) in [7, 11) is 1.62. The lowest BCUT2D eigenvalue weighted by molar-refractivity contribution is -0.0592. The van der Waals surface area contributed by atoms with Crippen LogP contribution in [-0.2, 0) is 10.3 Å². The van der Waals surface area contributed by atoms with Crippen LogP contribution >= 0.6 is 0 Å². The third-order valence-corrected chi connectivity index (χ3v) is 9.06. The Balaban J connectivity index is 1.47. The number of hydrogen-bond acceptors (Lipinski definition) is 4. The molecule has 4 rings (SSSR count). The van der Waals surface area contributed by atoms with Crippen LogP contribution in [0.15, 0.2) is 18.2 Å². The van der Waals surface area contributed by atoms with Crippen LogP contribution in [0.3, 0.4) is 0 Å². The highest BCUT2D eigenvalue weighted by molar-refractivity contribution is 5.74. The van der Waals surface area contributed by atoms with Crippen molar-refractivity contribution in [2.75, 3.05) is 39.9 Å². The molecule has 1 aromatic rings. The van der Waals surface area contributed by atoms with Gasteiger partial charge in [-0.1, -0.05) is 44.2 Å². The molecule has 1 aromatic carbocycles. The molecule has 1 saturated carbocycles. The molecule has 2 saturated heterocycles. The predicted octanol–water partition coefficient (Wildman–Crippen LogP) is 4.95. The van der Waals surface area contributed by atoms with E-state index in [-0.39, 0.29) is 30.0 Å². The number of nitrogens with one attached hydrogen (secondary N) is 2. The summed E-state index contributed by atoms with van der Waals surface area (Å²) in [6.45, 7) is 3.23. The number of hydrogen-bond donors (Lipinski definition) is 3. The van der Waals surface area contributed by atoms with E-state index in [9.17, 15) is 18.7 Å². The number of halogens is 2. The van der Waals surface area contributed by atoms with Gasteiger partial charge in [0.2, 0.25) is 0 Å². The van der Waals surface area contributed by atoms with E-state index in [0.29, 0.717) is 57.2 Å². The van der Waals surface area contributed by atoms with Gasteiger partial charge in [-0.15, -0.1) is 0 Å². The van der Waals surface area contributed by atoms with Crippen molar-refractivity contribution in [3.05, 3.63) is 35.4 Å². The summed E-state index contributed by atoms with van der Waals surface area (Å²) in [6.07, 6.45) is 10.4. The number of carbonyl (C=O) groups is 1. The molecule has 0 radical (unpaired) electrons. The van der Waals surface area contributed by atoms with Gasteiger partial charge in [0.05, 0.1) is 5.60 Å². The van der Waals surface area contributed by atoms with Crippen molar-refractivity contribution in [1.29, 1.82) is 0 Å². The Labute approximate surface area is 220 Å². The number of carbonyl (C=O) groups excluding carboxylic acids is 1. The van der Waals surface area contributed by atoms with Gasteiger partial charge in [-0.25, -0.2) is 13.6 Å². The van der Waals surface area contributed by atoms with Crippen LogP contribution in [0.5, 0.6) is 0 Å². The summed E-state index contributed by atoms with van der Waals surface area (Å²) in [5, 5.41) is 18.7. The minimum absolute atomic E-state index is 0.00832. The van der Waals surface area contributed by atoms with Gasteiger partial charge in [0.1, 0.15) is 0 Å². The van der Waals surface area contributed by atoms with Crippen LogP contribution in [0.2, 0.25) is 0 Å². The van der Waals surface area contributed by atoms with E-state index in [0.717, 1.165) is 25.6 Å². The molecule has 0 aromatic heterocycles. The summed E-state index contributed by atoms with van der Waals surface area (Å²) >= 11 is 0. The summed E-state index contributed by atoms with van der Waals surface area (Å²) in [5.41, 5.74) is -1.57. The molecular weight excluding hydrogens is 476 g/mol. The number of ether oxygens (including phenoxy) is 1. The molecule has 2 aliphatic heterocycles. The highest BCUT2D eigenvalue weighted by atomic mass is 19.2. The largest absolute Gasteiger partial charge is 0.385 e. The van der Waals surface area contributed by atoms with Gasteiger partial charge < -0.3 is 25.4 Å². The fourth-order valence-corrected chi connectivity index (χ4v) is 7.00. The van der Waals surface area contributed by atoms with Crippen molar-refractivity contribution in [3.63, 3.8) is 0 Å². The fourth-order valence-electron chi connectivity index (χ4n) is 7.00. The number of methoxy groups -OCH3 is 1. The maximum Gasteiger partial charge on any atom is 0.317 e. The molecular formula is C29H45F2N3O3. The van der Waals surface area contributed by atoms with Crippen LogP contribution in [0.1, 0.15) is 76.2 Å². The molecule has 208 valence electrons. The van der Waals surface area contributed by atoms with Crippen LogP contribution in [0.25, 0.3) is 0 Å². The highest BCUT2D eigenvalue weighted by Gasteiger charge is 2.43. The molecule has 2 amide bonds. The molecule has 3 N–H and O–H groups in total. The molecule has 0 bridgehead atoms. The second kappa shape index (κ2) is 13.3. The van der Waals surface area contributed by atoms with Gasteiger partial charge in [0.25, 0.3) is 0 Å². The zero-order chi connectivity index (χ0) is 26.3. The third-order valence-electron chi connectivity index (χ3n) is 9.06. The molecule has 3 unspecified atom stereocenters. The number of likely N-dealkylation sites (tertiary alicyclic amines) is 1. The number of amides is 2. The molecule has 0 spiro atoms. The number of piperidine rings is 2. The summed E-state index contributed by atoms with van der Waals surface area (Å²) < 4.78 is 34.3. The third kappa shape index (κ3) is 6.82. The van der Waals surface area contributed by atoms with Gasteiger partial charge in [0.15, 0.2) is 11.6 Å². The van der Waals surface area contributed by atoms with Gasteiger partial charge in [-0.05, 0) is 63.0 Å². The van der Waals surface area contributed by atoms with Crippen LogP contribution in [-0.4, -0.2) is 62.0 Å². The first-order valence-corrected chi connectivity index (χ1v) is 14.4. The standard InChI is InChI=1S/C29H45F2N3O3/c1-37-18-6-5-15-29(36,24-12-7-13-25(30)27(24)31)22-11-8-17-34(20-22)28(35)33-26-19-32-16-14-23(26)21-9-3-2-4-10-21/h7,12-13,21-23,26,32,36H,2-6,8-11,14-20H2,1H3,(H,33,35)/t22?,23?,26?,29-/m0/s1. The quantitative estimate of drug-likeness (QED) is 0.402. The van der Waals surface area contributed by atoms with Crippen LogP contribution in [0, 0.1) is 29.4 Å². The second-order valence-corrected chi connectivity index (χ2v) is 11.4. The average molecular weight is 522 g/mol. The first kappa shape index (κ1) is 28.2. The van der Waals surface area contributed by atoms with E-state index in [1.54, 1.807) is 12.0 Å². The zero-order valence-corrected chi connectivity index (χ0v) is 22.3. The number of unbranched alkanes of at least 4 members (excludes halogenated alkanes) is 1. The molecule has 1 aliphatic carbocycles. The zero-order valence-electron chi connectivity index (χ0n) is 22.3. The maximum atomic E-state index is 15.0.